The van der Waals surface area contributed by atoms with E-state index in [-0.39, 0.29) is 23.1 Å². The number of ketones is 2. The Hall–Kier alpha value is -2.10. The second kappa shape index (κ2) is 8.51. The number of carbonyl (C=O) groups excluding carboxylic acids is 2. The lowest BCUT2D eigenvalue weighted by Gasteiger charge is -2.19. The highest BCUT2D eigenvalue weighted by Crippen LogP contribution is 2.28. The van der Waals surface area contributed by atoms with E-state index < -0.39 is 0 Å². The van der Waals surface area contributed by atoms with Gasteiger partial charge in [-0.05, 0) is 47.0 Å². The molecule has 1 rings (SSSR count). The predicted octanol–water partition coefficient (Wildman–Crippen LogP) is 4.04. The summed E-state index contributed by atoms with van der Waals surface area (Å²) in [5.41, 5.74) is 3.41. The second-order valence-electron chi connectivity index (χ2n) is 5.90. The highest BCUT2D eigenvalue weighted by Gasteiger charge is 2.33. The van der Waals surface area contributed by atoms with Gasteiger partial charge in [0.05, 0.1) is 14.2 Å². The van der Waals surface area contributed by atoms with Gasteiger partial charge in [0.2, 0.25) is 23.1 Å². The molecule has 0 unspecified atom stereocenters. The third kappa shape index (κ3) is 4.68. The van der Waals surface area contributed by atoms with E-state index >= 15 is 0 Å². The van der Waals surface area contributed by atoms with Gasteiger partial charge in [0, 0.05) is 11.1 Å². The minimum absolute atomic E-state index is 0.00584. The van der Waals surface area contributed by atoms with Gasteiger partial charge in [0.15, 0.2) is 0 Å². The van der Waals surface area contributed by atoms with E-state index in [0.717, 1.165) is 12.8 Å². The molecule has 23 heavy (non-hydrogen) atoms. The van der Waals surface area contributed by atoms with Gasteiger partial charge in [-0.2, -0.15) is 0 Å². The fraction of sp³-hybridized carbons (Fsp3) is 0.474. The molecule has 1 aliphatic carbocycles. The first-order chi connectivity index (χ1) is 10.8. The number of rotatable bonds is 7. The third-order valence-corrected chi connectivity index (χ3v) is 3.84. The number of methoxy groups -OCH3 is 2. The molecule has 4 heteroatoms. The van der Waals surface area contributed by atoms with Crippen molar-refractivity contribution in [1.29, 1.82) is 0 Å². The van der Waals surface area contributed by atoms with Gasteiger partial charge >= 0.3 is 0 Å². The lowest BCUT2D eigenvalue weighted by Crippen LogP contribution is -2.24. The SMILES string of the molecule is COC1=C(OC)C(=O)C(C/C=C(\C)CCC=C(C)C)=C(C)C1=O. The molecule has 0 radical (unpaired) electrons. The van der Waals surface area contributed by atoms with Crippen LogP contribution in [0.1, 0.15) is 47.0 Å². The van der Waals surface area contributed by atoms with Crippen molar-refractivity contribution in [3.63, 3.8) is 0 Å². The monoisotopic (exact) mass is 318 g/mol. The molecular formula is C19H26O4. The molecule has 0 atom stereocenters. The molecule has 0 spiro atoms. The zero-order valence-electron chi connectivity index (χ0n) is 14.9. The van der Waals surface area contributed by atoms with Crippen LogP contribution in [0.3, 0.4) is 0 Å². The minimum atomic E-state index is -0.283. The summed E-state index contributed by atoms with van der Waals surface area (Å²) in [6.45, 7) is 7.85. The van der Waals surface area contributed by atoms with E-state index in [4.69, 9.17) is 9.47 Å². The Morgan fingerprint density at radius 3 is 2.04 bits per heavy atom. The van der Waals surface area contributed by atoms with Crippen molar-refractivity contribution < 1.29 is 19.1 Å². The van der Waals surface area contributed by atoms with E-state index in [0.29, 0.717) is 17.6 Å². The molecule has 0 bridgehead atoms. The van der Waals surface area contributed by atoms with Gasteiger partial charge in [-0.1, -0.05) is 23.3 Å². The Morgan fingerprint density at radius 2 is 1.52 bits per heavy atom. The second-order valence-corrected chi connectivity index (χ2v) is 5.90. The summed E-state index contributed by atoms with van der Waals surface area (Å²) in [5.74, 6) is -0.568. The van der Waals surface area contributed by atoms with Crippen LogP contribution in [0.25, 0.3) is 0 Å². The zero-order chi connectivity index (χ0) is 17.6. The van der Waals surface area contributed by atoms with Crippen molar-refractivity contribution in [2.24, 2.45) is 0 Å². The predicted molar refractivity (Wildman–Crippen MR) is 90.8 cm³/mol. The van der Waals surface area contributed by atoms with Crippen LogP contribution in [-0.4, -0.2) is 25.8 Å². The van der Waals surface area contributed by atoms with Crippen LogP contribution in [0.4, 0.5) is 0 Å². The fourth-order valence-electron chi connectivity index (χ4n) is 2.40. The summed E-state index contributed by atoms with van der Waals surface area (Å²) < 4.78 is 10.1. The molecule has 1 aliphatic rings. The lowest BCUT2D eigenvalue weighted by molar-refractivity contribution is -0.121. The summed E-state index contributed by atoms with van der Waals surface area (Å²) in [6, 6.07) is 0. The number of hydrogen-bond acceptors (Lipinski definition) is 4. The smallest absolute Gasteiger partial charge is 0.228 e. The molecule has 126 valence electrons. The molecule has 0 amide bonds. The Bertz CT molecular complexity index is 611. The van der Waals surface area contributed by atoms with Crippen molar-refractivity contribution >= 4 is 11.6 Å². The van der Waals surface area contributed by atoms with Crippen molar-refractivity contribution in [1.82, 2.24) is 0 Å². The molecule has 0 aromatic rings. The molecule has 0 saturated carbocycles. The van der Waals surface area contributed by atoms with E-state index in [1.165, 1.54) is 25.4 Å². The van der Waals surface area contributed by atoms with E-state index in [2.05, 4.69) is 19.9 Å². The van der Waals surface area contributed by atoms with Gasteiger partial charge in [-0.3, -0.25) is 9.59 Å². The van der Waals surface area contributed by atoms with Crippen molar-refractivity contribution in [2.45, 2.75) is 47.0 Å². The molecule has 0 fully saturated rings. The highest BCUT2D eigenvalue weighted by molar-refractivity contribution is 6.23. The number of Topliss-reactive ketones (excluding diaryl/α,β-unsaturated/α-hetero) is 2. The van der Waals surface area contributed by atoms with Crippen molar-refractivity contribution in [3.05, 3.63) is 46.0 Å². The lowest BCUT2D eigenvalue weighted by atomic mass is 9.90. The molecular weight excluding hydrogens is 292 g/mol. The van der Waals surface area contributed by atoms with Gasteiger partial charge in [0.1, 0.15) is 0 Å². The van der Waals surface area contributed by atoms with E-state index in [1.807, 2.05) is 13.0 Å². The Labute approximate surface area is 138 Å². The maximum absolute atomic E-state index is 12.5. The summed E-state index contributed by atoms with van der Waals surface area (Å²) in [4.78, 5) is 24.8. The van der Waals surface area contributed by atoms with Gasteiger partial charge < -0.3 is 9.47 Å². The van der Waals surface area contributed by atoms with Crippen LogP contribution < -0.4 is 0 Å². The number of hydrogen-bond donors (Lipinski definition) is 0. The van der Waals surface area contributed by atoms with Gasteiger partial charge in [-0.15, -0.1) is 0 Å². The maximum Gasteiger partial charge on any atom is 0.228 e. The average Bonchev–Trinajstić information content (AvgIpc) is 2.50. The normalized spacial score (nSPS) is 16.0. The first kappa shape index (κ1) is 18.9. The van der Waals surface area contributed by atoms with Crippen LogP contribution in [-0.2, 0) is 19.1 Å². The number of ether oxygens (including phenoxy) is 2. The molecule has 0 heterocycles. The summed E-state index contributed by atoms with van der Waals surface area (Å²) in [7, 11) is 2.74. The van der Waals surface area contributed by atoms with Crippen LogP contribution in [0, 0.1) is 0 Å². The molecule has 0 N–H and O–H groups in total. The average molecular weight is 318 g/mol. The topological polar surface area (TPSA) is 52.6 Å². The quantitative estimate of drug-likeness (QED) is 0.525. The first-order valence-corrected chi connectivity index (χ1v) is 7.73. The summed E-state index contributed by atoms with van der Waals surface area (Å²) in [6.07, 6.45) is 6.55. The molecule has 0 aromatic carbocycles. The molecule has 0 aliphatic heterocycles. The van der Waals surface area contributed by atoms with Gasteiger partial charge in [0.25, 0.3) is 0 Å². The highest BCUT2D eigenvalue weighted by atomic mass is 16.5. The zero-order valence-corrected chi connectivity index (χ0v) is 14.9. The Balaban J connectivity index is 2.92. The minimum Gasteiger partial charge on any atom is -0.489 e. The Kier molecular flexibility index (Phi) is 7.01. The van der Waals surface area contributed by atoms with E-state index in [1.54, 1.807) is 6.92 Å². The summed E-state index contributed by atoms with van der Waals surface area (Å²) >= 11 is 0. The standard InChI is InChI=1S/C19H26O4/c1-12(2)8-7-9-13(3)10-11-15-14(4)16(20)18(22-5)19(23-6)17(15)21/h8,10H,7,9,11H2,1-6H3/b13-10+. The Morgan fingerprint density at radius 1 is 0.957 bits per heavy atom. The van der Waals surface area contributed by atoms with Crippen molar-refractivity contribution in [2.75, 3.05) is 14.2 Å². The largest absolute Gasteiger partial charge is 0.489 e. The molecule has 0 aromatic heterocycles. The first-order valence-electron chi connectivity index (χ1n) is 7.73. The van der Waals surface area contributed by atoms with Crippen molar-refractivity contribution in [3.8, 4) is 0 Å². The van der Waals surface area contributed by atoms with Gasteiger partial charge in [-0.25, -0.2) is 0 Å². The summed E-state index contributed by atoms with van der Waals surface area (Å²) in [5, 5.41) is 0. The van der Waals surface area contributed by atoms with Crippen LogP contribution in [0.5, 0.6) is 0 Å². The van der Waals surface area contributed by atoms with Crippen LogP contribution >= 0.6 is 0 Å². The van der Waals surface area contributed by atoms with Crippen LogP contribution in [0.2, 0.25) is 0 Å². The number of allylic oxidation sites excluding steroid dienone is 6. The third-order valence-electron chi connectivity index (χ3n) is 3.84. The fourth-order valence-corrected chi connectivity index (χ4v) is 2.40. The maximum atomic E-state index is 12.5. The van der Waals surface area contributed by atoms with E-state index in [9.17, 15) is 9.59 Å². The molecule has 0 saturated heterocycles. The number of carbonyl (C=O) groups is 2. The molecule has 4 nitrogen and oxygen atoms in total. The van der Waals surface area contributed by atoms with Crippen LogP contribution in [0.15, 0.2) is 46.0 Å².